The molecule has 0 fully saturated rings. The topological polar surface area (TPSA) is 17.3 Å². The number of fused-ring (bicyclic) bond motifs is 3. The number of rotatable bonds is 1. The van der Waals surface area contributed by atoms with Gasteiger partial charge in [-0.05, 0) is 19.1 Å². The Bertz CT molecular complexity index is 869. The third kappa shape index (κ3) is 1.66. The number of hydrogen-bond acceptors (Lipinski definition) is 2. The zero-order valence-electron chi connectivity index (χ0n) is 10.5. The fourth-order valence-corrected chi connectivity index (χ4v) is 3.32. The predicted octanol–water partition coefficient (Wildman–Crippen LogP) is 4.52. The Kier molecular flexibility index (Phi) is 2.23. The molecule has 0 saturated carbocycles. The van der Waals surface area contributed by atoms with Gasteiger partial charge in [0, 0.05) is 11.8 Å². The number of aromatic nitrogens is 2. The first-order valence-electron chi connectivity index (χ1n) is 6.25. The van der Waals surface area contributed by atoms with Gasteiger partial charge < -0.3 is 0 Å². The lowest BCUT2D eigenvalue weighted by atomic mass is 10.1. The molecule has 2 aromatic carbocycles. The van der Waals surface area contributed by atoms with E-state index in [4.69, 9.17) is 4.98 Å². The molecule has 3 heteroatoms. The van der Waals surface area contributed by atoms with Crippen molar-refractivity contribution in [2.24, 2.45) is 0 Å². The van der Waals surface area contributed by atoms with E-state index in [1.807, 2.05) is 0 Å². The Hall–Kier alpha value is -2.13. The number of thiazole rings is 1. The van der Waals surface area contributed by atoms with E-state index in [-0.39, 0.29) is 0 Å². The van der Waals surface area contributed by atoms with Gasteiger partial charge in [0.2, 0.25) is 0 Å². The summed E-state index contributed by atoms with van der Waals surface area (Å²) in [6.07, 6.45) is 2.12. The van der Waals surface area contributed by atoms with Crippen molar-refractivity contribution in [3.05, 3.63) is 60.3 Å². The third-order valence-corrected chi connectivity index (χ3v) is 4.38. The van der Waals surface area contributed by atoms with Crippen LogP contribution in [0.25, 0.3) is 26.4 Å². The molecular weight excluding hydrogens is 252 g/mol. The van der Waals surface area contributed by atoms with E-state index in [1.54, 1.807) is 11.3 Å². The summed E-state index contributed by atoms with van der Waals surface area (Å²) >= 11 is 1.73. The molecule has 0 radical (unpaired) electrons. The Balaban J connectivity index is 1.94. The van der Waals surface area contributed by atoms with Crippen molar-refractivity contribution in [2.45, 2.75) is 6.92 Å². The van der Waals surface area contributed by atoms with Crippen LogP contribution in [-0.2, 0) is 0 Å². The highest BCUT2D eigenvalue weighted by molar-refractivity contribution is 7.23. The molecule has 19 heavy (non-hydrogen) atoms. The van der Waals surface area contributed by atoms with Gasteiger partial charge in [-0.1, -0.05) is 53.3 Å². The van der Waals surface area contributed by atoms with E-state index in [0.29, 0.717) is 0 Å². The van der Waals surface area contributed by atoms with Gasteiger partial charge in [-0.2, -0.15) is 0 Å². The molecule has 0 spiro atoms. The number of aryl methyl sites for hydroxylation is 1. The summed E-state index contributed by atoms with van der Waals surface area (Å²) < 4.78 is 3.45. The molecule has 0 saturated heterocycles. The van der Waals surface area contributed by atoms with E-state index >= 15 is 0 Å². The van der Waals surface area contributed by atoms with Crippen molar-refractivity contribution in [1.29, 1.82) is 0 Å². The average molecular weight is 264 g/mol. The summed E-state index contributed by atoms with van der Waals surface area (Å²) in [5, 5.41) is 0. The standard InChI is InChI=1S/C16H12N2S/c1-11-6-8-12(9-7-11)13-10-18-14-4-2-3-5-15(14)19-16(18)17-13/h2-10H,1H3. The van der Waals surface area contributed by atoms with Crippen molar-refractivity contribution in [2.75, 3.05) is 0 Å². The van der Waals surface area contributed by atoms with Crippen molar-refractivity contribution in [3.8, 4) is 11.3 Å². The van der Waals surface area contributed by atoms with Gasteiger partial charge in [0.15, 0.2) is 4.96 Å². The summed E-state index contributed by atoms with van der Waals surface area (Å²) in [6, 6.07) is 16.9. The average Bonchev–Trinajstić information content (AvgIpc) is 2.97. The van der Waals surface area contributed by atoms with E-state index in [9.17, 15) is 0 Å². The second kappa shape index (κ2) is 3.93. The second-order valence-electron chi connectivity index (χ2n) is 4.71. The normalized spacial score (nSPS) is 11.4. The van der Waals surface area contributed by atoms with E-state index in [2.05, 4.69) is 66.1 Å². The van der Waals surface area contributed by atoms with Crippen LogP contribution >= 0.6 is 11.3 Å². The summed E-state index contributed by atoms with van der Waals surface area (Å²) in [5.41, 5.74) is 4.71. The van der Waals surface area contributed by atoms with Crippen LogP contribution in [0.3, 0.4) is 0 Å². The summed E-state index contributed by atoms with van der Waals surface area (Å²) in [7, 11) is 0. The Morgan fingerprint density at radius 2 is 1.79 bits per heavy atom. The van der Waals surface area contributed by atoms with Gasteiger partial charge in [-0.25, -0.2) is 4.98 Å². The quantitative estimate of drug-likeness (QED) is 0.494. The molecule has 2 aromatic heterocycles. The summed E-state index contributed by atoms with van der Waals surface area (Å²) in [6.45, 7) is 2.10. The van der Waals surface area contributed by atoms with E-state index in [1.165, 1.54) is 21.3 Å². The molecule has 0 amide bonds. The summed E-state index contributed by atoms with van der Waals surface area (Å²) in [5.74, 6) is 0. The Morgan fingerprint density at radius 1 is 1.00 bits per heavy atom. The number of hydrogen-bond donors (Lipinski definition) is 0. The number of benzene rings is 2. The third-order valence-electron chi connectivity index (χ3n) is 3.35. The highest BCUT2D eigenvalue weighted by Crippen LogP contribution is 2.29. The Labute approximate surface area is 115 Å². The molecule has 0 atom stereocenters. The van der Waals surface area contributed by atoms with Gasteiger partial charge in [0.05, 0.1) is 15.9 Å². The fourth-order valence-electron chi connectivity index (χ4n) is 2.31. The second-order valence-corrected chi connectivity index (χ2v) is 5.72. The zero-order valence-corrected chi connectivity index (χ0v) is 11.3. The van der Waals surface area contributed by atoms with Gasteiger partial charge >= 0.3 is 0 Å². The van der Waals surface area contributed by atoms with Crippen LogP contribution in [0.4, 0.5) is 0 Å². The molecule has 2 nitrogen and oxygen atoms in total. The first kappa shape index (κ1) is 10.8. The minimum absolute atomic E-state index is 1.04. The maximum Gasteiger partial charge on any atom is 0.195 e. The molecule has 0 aliphatic heterocycles. The van der Waals surface area contributed by atoms with Crippen LogP contribution in [0.1, 0.15) is 5.56 Å². The lowest BCUT2D eigenvalue weighted by molar-refractivity contribution is 1.30. The zero-order chi connectivity index (χ0) is 12.8. The lowest BCUT2D eigenvalue weighted by Crippen LogP contribution is -1.78. The van der Waals surface area contributed by atoms with Crippen LogP contribution in [0.5, 0.6) is 0 Å². The highest BCUT2D eigenvalue weighted by Gasteiger charge is 2.09. The first-order valence-corrected chi connectivity index (χ1v) is 7.06. The molecule has 4 aromatic rings. The molecule has 0 N–H and O–H groups in total. The monoisotopic (exact) mass is 264 g/mol. The fraction of sp³-hybridized carbons (Fsp3) is 0.0625. The largest absolute Gasteiger partial charge is 0.290 e. The molecule has 0 bridgehead atoms. The molecule has 0 aliphatic carbocycles. The van der Waals surface area contributed by atoms with Crippen molar-refractivity contribution in [1.82, 2.24) is 9.38 Å². The SMILES string of the molecule is Cc1ccc(-c2cn3c(n2)sc2ccccc23)cc1. The van der Waals surface area contributed by atoms with Crippen molar-refractivity contribution in [3.63, 3.8) is 0 Å². The minimum atomic E-state index is 1.04. The first-order chi connectivity index (χ1) is 9.31. The molecule has 4 rings (SSSR count). The molecular formula is C16H12N2S. The lowest BCUT2D eigenvalue weighted by Gasteiger charge is -1.96. The highest BCUT2D eigenvalue weighted by atomic mass is 32.1. The van der Waals surface area contributed by atoms with Crippen LogP contribution in [0, 0.1) is 6.92 Å². The van der Waals surface area contributed by atoms with Crippen molar-refractivity contribution >= 4 is 26.5 Å². The molecule has 0 aliphatic rings. The van der Waals surface area contributed by atoms with Gasteiger partial charge in [0.1, 0.15) is 0 Å². The molecule has 92 valence electrons. The minimum Gasteiger partial charge on any atom is -0.290 e. The van der Waals surface area contributed by atoms with Gasteiger partial charge in [-0.15, -0.1) is 0 Å². The maximum atomic E-state index is 4.73. The summed E-state index contributed by atoms with van der Waals surface area (Å²) in [4.78, 5) is 5.78. The molecule has 2 heterocycles. The van der Waals surface area contributed by atoms with Gasteiger partial charge in [0.25, 0.3) is 0 Å². The number of nitrogens with zero attached hydrogens (tertiary/aromatic N) is 2. The maximum absolute atomic E-state index is 4.73. The smallest absolute Gasteiger partial charge is 0.195 e. The number of para-hydroxylation sites is 1. The van der Waals surface area contributed by atoms with Crippen LogP contribution < -0.4 is 0 Å². The predicted molar refractivity (Wildman–Crippen MR) is 80.7 cm³/mol. The van der Waals surface area contributed by atoms with E-state index < -0.39 is 0 Å². The van der Waals surface area contributed by atoms with Crippen LogP contribution in [-0.4, -0.2) is 9.38 Å². The van der Waals surface area contributed by atoms with Crippen LogP contribution in [0.2, 0.25) is 0 Å². The molecule has 0 unspecified atom stereocenters. The Morgan fingerprint density at radius 3 is 2.63 bits per heavy atom. The van der Waals surface area contributed by atoms with Crippen LogP contribution in [0.15, 0.2) is 54.7 Å². The van der Waals surface area contributed by atoms with E-state index in [0.717, 1.165) is 10.7 Å². The van der Waals surface area contributed by atoms with Crippen molar-refractivity contribution < 1.29 is 0 Å². The number of imidazole rings is 1. The van der Waals surface area contributed by atoms with Gasteiger partial charge in [-0.3, -0.25) is 4.40 Å².